The summed E-state index contributed by atoms with van der Waals surface area (Å²) in [5.41, 5.74) is 3.90. The van der Waals surface area contributed by atoms with Crippen LogP contribution in [0.5, 0.6) is 0 Å². The van der Waals surface area contributed by atoms with Gasteiger partial charge in [0.05, 0.1) is 27.9 Å². The van der Waals surface area contributed by atoms with Crippen LogP contribution in [0.2, 0.25) is 0 Å². The summed E-state index contributed by atoms with van der Waals surface area (Å²) >= 11 is 2.76. The van der Waals surface area contributed by atoms with Crippen molar-refractivity contribution in [2.45, 2.75) is 24.8 Å². The van der Waals surface area contributed by atoms with Gasteiger partial charge in [-0.15, -0.1) is 11.3 Å². The minimum Gasteiger partial charge on any atom is -0.309 e. The van der Waals surface area contributed by atoms with E-state index in [0.29, 0.717) is 37.9 Å². The summed E-state index contributed by atoms with van der Waals surface area (Å²) in [4.78, 5) is 38.0. The van der Waals surface area contributed by atoms with E-state index in [1.807, 2.05) is 61.7 Å². The van der Waals surface area contributed by atoms with E-state index in [1.54, 1.807) is 10.6 Å². The second-order valence-corrected chi connectivity index (χ2v) is 9.09. The molecule has 0 saturated carbocycles. The van der Waals surface area contributed by atoms with E-state index in [9.17, 15) is 9.59 Å². The quantitative estimate of drug-likeness (QED) is 0.323. The summed E-state index contributed by atoms with van der Waals surface area (Å²) in [6.45, 7) is 3.98. The largest absolute Gasteiger partial charge is 0.309 e. The number of aromatic nitrogens is 4. The molecule has 0 saturated heterocycles. The number of nitrogens with zero attached hydrogens (tertiary/aromatic N) is 3. The molecule has 154 valence electrons. The number of thioether (sulfide) groups is 1. The molecular formula is C23H18N4O2S2. The van der Waals surface area contributed by atoms with Crippen molar-refractivity contribution in [3.05, 3.63) is 91.6 Å². The maximum absolute atomic E-state index is 13.5. The number of thiophene rings is 1. The number of benzene rings is 2. The van der Waals surface area contributed by atoms with Gasteiger partial charge in [0.25, 0.3) is 11.1 Å². The summed E-state index contributed by atoms with van der Waals surface area (Å²) in [6.07, 6.45) is 0. The van der Waals surface area contributed by atoms with Gasteiger partial charge >= 0.3 is 0 Å². The maximum Gasteiger partial charge on any atom is 0.268 e. The SMILES string of the molecule is Cc1cccc(C)c1-n1c(SCc2nc3ccsc3c(=O)[nH]2)nc2ccccc2c1=O. The summed E-state index contributed by atoms with van der Waals surface area (Å²) in [5.74, 6) is 0.938. The van der Waals surface area contributed by atoms with Crippen LogP contribution in [0, 0.1) is 13.8 Å². The lowest BCUT2D eigenvalue weighted by atomic mass is 10.1. The van der Waals surface area contributed by atoms with E-state index < -0.39 is 0 Å². The molecule has 31 heavy (non-hydrogen) atoms. The number of hydrogen-bond donors (Lipinski definition) is 1. The van der Waals surface area contributed by atoms with Gasteiger partial charge < -0.3 is 4.98 Å². The lowest BCUT2D eigenvalue weighted by Gasteiger charge is -2.17. The van der Waals surface area contributed by atoms with E-state index in [2.05, 4.69) is 9.97 Å². The van der Waals surface area contributed by atoms with Crippen LogP contribution in [0.1, 0.15) is 17.0 Å². The number of H-pyrrole nitrogens is 1. The Bertz CT molecular complexity index is 1550. The van der Waals surface area contributed by atoms with Gasteiger partial charge in [0.1, 0.15) is 10.5 Å². The van der Waals surface area contributed by atoms with Gasteiger partial charge in [-0.2, -0.15) is 0 Å². The zero-order valence-corrected chi connectivity index (χ0v) is 18.5. The molecule has 0 spiro atoms. The third-order valence-electron chi connectivity index (χ3n) is 5.11. The molecule has 1 N–H and O–H groups in total. The fourth-order valence-corrected chi connectivity index (χ4v) is 5.28. The number of para-hydroxylation sites is 2. The Morgan fingerprint density at radius 1 is 0.968 bits per heavy atom. The molecule has 5 rings (SSSR count). The summed E-state index contributed by atoms with van der Waals surface area (Å²) in [5, 5.41) is 2.99. The minimum absolute atomic E-state index is 0.111. The summed E-state index contributed by atoms with van der Waals surface area (Å²) in [7, 11) is 0. The van der Waals surface area contributed by atoms with Crippen molar-refractivity contribution in [3.8, 4) is 5.69 Å². The van der Waals surface area contributed by atoms with E-state index in [-0.39, 0.29) is 11.1 Å². The molecule has 0 amide bonds. The topological polar surface area (TPSA) is 80.6 Å². The van der Waals surface area contributed by atoms with Gasteiger partial charge in [0.15, 0.2) is 5.16 Å². The van der Waals surface area contributed by atoms with Crippen molar-refractivity contribution >= 4 is 44.2 Å². The number of aryl methyl sites for hydroxylation is 2. The second-order valence-electron chi connectivity index (χ2n) is 7.23. The number of nitrogens with one attached hydrogen (secondary N) is 1. The minimum atomic E-state index is -0.144. The van der Waals surface area contributed by atoms with Crippen molar-refractivity contribution in [1.82, 2.24) is 19.5 Å². The summed E-state index contributed by atoms with van der Waals surface area (Å²) < 4.78 is 2.30. The predicted octanol–water partition coefficient (Wildman–Crippen LogP) is 4.59. The molecule has 0 atom stereocenters. The van der Waals surface area contributed by atoms with Crippen molar-refractivity contribution in [3.63, 3.8) is 0 Å². The zero-order chi connectivity index (χ0) is 21.5. The van der Waals surface area contributed by atoms with Crippen molar-refractivity contribution in [2.24, 2.45) is 0 Å². The van der Waals surface area contributed by atoms with E-state index >= 15 is 0 Å². The van der Waals surface area contributed by atoms with Crippen LogP contribution in [-0.2, 0) is 5.75 Å². The van der Waals surface area contributed by atoms with Gasteiger partial charge in [0.2, 0.25) is 0 Å². The average Bonchev–Trinajstić information content (AvgIpc) is 3.23. The van der Waals surface area contributed by atoms with Crippen LogP contribution in [0.4, 0.5) is 0 Å². The molecule has 0 aliphatic rings. The molecule has 3 heterocycles. The molecule has 0 aliphatic carbocycles. The first-order valence-electron chi connectivity index (χ1n) is 9.70. The van der Waals surface area contributed by atoms with Gasteiger partial charge in [-0.05, 0) is 48.6 Å². The first-order chi connectivity index (χ1) is 15.0. The molecule has 0 aliphatic heterocycles. The molecule has 3 aromatic heterocycles. The Labute approximate surface area is 185 Å². The lowest BCUT2D eigenvalue weighted by molar-refractivity contribution is 0.807. The number of rotatable bonds is 4. The molecular weight excluding hydrogens is 428 g/mol. The van der Waals surface area contributed by atoms with Crippen LogP contribution in [-0.4, -0.2) is 19.5 Å². The van der Waals surface area contributed by atoms with Gasteiger partial charge in [-0.1, -0.05) is 42.1 Å². The Kier molecular flexibility index (Phi) is 4.95. The molecule has 0 unspecified atom stereocenters. The Morgan fingerprint density at radius 2 is 1.74 bits per heavy atom. The molecule has 6 nitrogen and oxygen atoms in total. The number of hydrogen-bond acceptors (Lipinski definition) is 6. The van der Waals surface area contributed by atoms with E-state index in [1.165, 1.54) is 23.1 Å². The smallest absolute Gasteiger partial charge is 0.268 e. The fraction of sp³-hybridized carbons (Fsp3) is 0.130. The first kappa shape index (κ1) is 19.7. The highest BCUT2D eigenvalue weighted by atomic mass is 32.2. The molecule has 0 radical (unpaired) electrons. The first-order valence-corrected chi connectivity index (χ1v) is 11.6. The van der Waals surface area contributed by atoms with Gasteiger partial charge in [-0.3, -0.25) is 14.2 Å². The molecule has 2 aromatic carbocycles. The lowest BCUT2D eigenvalue weighted by Crippen LogP contribution is -2.23. The highest BCUT2D eigenvalue weighted by Gasteiger charge is 2.17. The van der Waals surface area contributed by atoms with Gasteiger partial charge in [0, 0.05) is 0 Å². The second kappa shape index (κ2) is 7.79. The van der Waals surface area contributed by atoms with E-state index in [0.717, 1.165) is 16.8 Å². The Morgan fingerprint density at radius 3 is 2.55 bits per heavy atom. The zero-order valence-electron chi connectivity index (χ0n) is 16.9. The van der Waals surface area contributed by atoms with Crippen LogP contribution in [0.25, 0.3) is 26.8 Å². The maximum atomic E-state index is 13.5. The van der Waals surface area contributed by atoms with Crippen molar-refractivity contribution in [2.75, 3.05) is 0 Å². The third kappa shape index (κ3) is 3.47. The van der Waals surface area contributed by atoms with Crippen molar-refractivity contribution in [1.29, 1.82) is 0 Å². The van der Waals surface area contributed by atoms with Crippen LogP contribution < -0.4 is 11.1 Å². The highest BCUT2D eigenvalue weighted by Crippen LogP contribution is 2.27. The molecule has 5 aromatic rings. The number of aromatic amines is 1. The monoisotopic (exact) mass is 446 g/mol. The van der Waals surface area contributed by atoms with Crippen molar-refractivity contribution < 1.29 is 0 Å². The van der Waals surface area contributed by atoms with E-state index in [4.69, 9.17) is 4.98 Å². The third-order valence-corrected chi connectivity index (χ3v) is 6.96. The standard InChI is InChI=1S/C23H18N4O2S2/c1-13-6-5-7-14(2)19(13)27-22(29)15-8-3-4-9-16(15)25-23(27)31-12-18-24-17-10-11-30-20(17)21(28)26-18/h3-11H,12H2,1-2H3,(H,24,26,28). The highest BCUT2D eigenvalue weighted by molar-refractivity contribution is 7.98. The molecule has 8 heteroatoms. The average molecular weight is 447 g/mol. The van der Waals surface area contributed by atoms with Crippen LogP contribution in [0.3, 0.4) is 0 Å². The Balaban J connectivity index is 1.66. The Hall–Kier alpha value is -3.23. The fourth-order valence-electron chi connectivity index (χ4n) is 3.69. The normalized spacial score (nSPS) is 11.4. The van der Waals surface area contributed by atoms with Crippen LogP contribution in [0.15, 0.2) is 68.7 Å². The number of fused-ring (bicyclic) bond motifs is 2. The molecule has 0 fully saturated rings. The van der Waals surface area contributed by atoms with Gasteiger partial charge in [-0.25, -0.2) is 9.97 Å². The molecule has 0 bridgehead atoms. The predicted molar refractivity (Wildman–Crippen MR) is 127 cm³/mol. The summed E-state index contributed by atoms with van der Waals surface area (Å²) in [6, 6.07) is 15.1. The van der Waals surface area contributed by atoms with Crippen LogP contribution >= 0.6 is 23.1 Å².